The van der Waals surface area contributed by atoms with Crippen LogP contribution in [0, 0.1) is 18.2 Å². The molecule has 0 fully saturated rings. The van der Waals surface area contributed by atoms with E-state index in [1.54, 1.807) is 0 Å². The van der Waals surface area contributed by atoms with Gasteiger partial charge in [-0.2, -0.15) is 109 Å². The first-order chi connectivity index (χ1) is 9.00. The molecule has 3 rings (SSSR count). The van der Waals surface area contributed by atoms with Crippen LogP contribution in [0.3, 0.4) is 0 Å². The first-order valence-corrected chi connectivity index (χ1v) is 5.73. The van der Waals surface area contributed by atoms with Gasteiger partial charge < -0.3 is 0 Å². The maximum atomic E-state index is 2.89. The van der Waals surface area contributed by atoms with Crippen molar-refractivity contribution in [3.8, 4) is 0 Å². The largest absolute Gasteiger partial charge is 3.00 e. The van der Waals surface area contributed by atoms with Crippen molar-refractivity contribution in [2.24, 2.45) is 0 Å². The van der Waals surface area contributed by atoms with Crippen molar-refractivity contribution < 1.29 is 19.5 Å². The van der Waals surface area contributed by atoms with E-state index in [1.165, 1.54) is 0 Å². The molecule has 3 aromatic rings. The van der Waals surface area contributed by atoms with E-state index < -0.39 is 0 Å². The Hall–Kier alpha value is -1.72. The van der Waals surface area contributed by atoms with Gasteiger partial charge in [-0.3, -0.25) is 0 Å². The Morgan fingerprint density at radius 2 is 0.526 bits per heavy atom. The molecule has 0 aliphatic heterocycles. The molecule has 0 aromatic heterocycles. The monoisotopic (exact) mass is 333 g/mol. The van der Waals surface area contributed by atoms with Gasteiger partial charge in [0.1, 0.15) is 0 Å². The van der Waals surface area contributed by atoms with Crippen molar-refractivity contribution in [2.45, 2.75) is 0 Å². The van der Waals surface area contributed by atoms with Crippen LogP contribution >= 0.6 is 0 Å². The first-order valence-electron chi connectivity index (χ1n) is 5.73. The normalized spacial score (nSPS) is 7.58. The van der Waals surface area contributed by atoms with E-state index in [9.17, 15) is 0 Å². The Bertz CT molecular complexity index is 296. The molecule has 0 spiro atoms. The molecular formula is C18H15Ru. The van der Waals surface area contributed by atoms with Gasteiger partial charge in [0.25, 0.3) is 0 Å². The van der Waals surface area contributed by atoms with Gasteiger partial charge in [0, 0.05) is 0 Å². The smallest absolute Gasteiger partial charge is 0.184 e. The number of rotatable bonds is 0. The Kier molecular flexibility index (Phi) is 13.0. The van der Waals surface area contributed by atoms with Crippen LogP contribution in [0.15, 0.2) is 91.0 Å². The molecule has 95 valence electrons. The third-order valence-electron chi connectivity index (χ3n) is 1.82. The van der Waals surface area contributed by atoms with Gasteiger partial charge in [0.15, 0.2) is 0 Å². The molecule has 0 saturated carbocycles. The van der Waals surface area contributed by atoms with E-state index in [4.69, 9.17) is 0 Å². The summed E-state index contributed by atoms with van der Waals surface area (Å²) in [6, 6.07) is 37.5. The maximum absolute atomic E-state index is 2.89. The summed E-state index contributed by atoms with van der Waals surface area (Å²) >= 11 is 0. The van der Waals surface area contributed by atoms with Crippen molar-refractivity contribution in [1.82, 2.24) is 0 Å². The quantitative estimate of drug-likeness (QED) is 0.421. The van der Waals surface area contributed by atoms with Crippen LogP contribution in [-0.4, -0.2) is 0 Å². The van der Waals surface area contributed by atoms with E-state index in [0.29, 0.717) is 0 Å². The molecule has 1 heteroatoms. The maximum Gasteiger partial charge on any atom is 3.00 e. The predicted octanol–water partition coefficient (Wildman–Crippen LogP) is 4.46. The Balaban J connectivity index is 0.000000249. The molecule has 0 nitrogen and oxygen atoms in total. The molecule has 0 heterocycles. The molecular weight excluding hydrogens is 317 g/mol. The first kappa shape index (κ1) is 17.3. The Labute approximate surface area is 128 Å². The van der Waals surface area contributed by atoms with E-state index in [0.717, 1.165) is 0 Å². The molecule has 1 radical (unpaired) electrons. The predicted molar refractivity (Wildman–Crippen MR) is 75.8 cm³/mol. The summed E-state index contributed by atoms with van der Waals surface area (Å²) in [5.41, 5.74) is 0. The second kappa shape index (κ2) is 14.3. The van der Waals surface area contributed by atoms with Gasteiger partial charge in [-0.15, -0.1) is 0 Å². The van der Waals surface area contributed by atoms with Crippen molar-refractivity contribution in [2.75, 3.05) is 0 Å². The zero-order valence-corrected chi connectivity index (χ0v) is 12.3. The van der Waals surface area contributed by atoms with Crippen molar-refractivity contribution in [3.05, 3.63) is 109 Å². The van der Waals surface area contributed by atoms with E-state index in [1.807, 2.05) is 91.0 Å². The van der Waals surface area contributed by atoms with Crippen molar-refractivity contribution in [1.29, 1.82) is 0 Å². The Morgan fingerprint density at radius 1 is 0.316 bits per heavy atom. The minimum Gasteiger partial charge on any atom is -0.184 e. The summed E-state index contributed by atoms with van der Waals surface area (Å²) < 4.78 is 0. The summed E-state index contributed by atoms with van der Waals surface area (Å²) in [7, 11) is 0. The molecule has 0 atom stereocenters. The van der Waals surface area contributed by atoms with Crippen LogP contribution in [0.5, 0.6) is 0 Å². The summed E-state index contributed by atoms with van der Waals surface area (Å²) in [4.78, 5) is 0. The average Bonchev–Trinajstić information content (AvgIpc) is 2.54. The minimum absolute atomic E-state index is 0. The second-order valence-electron chi connectivity index (χ2n) is 3.23. The van der Waals surface area contributed by atoms with Crippen molar-refractivity contribution >= 4 is 0 Å². The second-order valence-corrected chi connectivity index (χ2v) is 3.23. The van der Waals surface area contributed by atoms with Gasteiger partial charge in [-0.1, -0.05) is 0 Å². The van der Waals surface area contributed by atoms with Gasteiger partial charge in [-0.05, 0) is 0 Å². The third-order valence-corrected chi connectivity index (χ3v) is 1.82. The summed E-state index contributed by atoms with van der Waals surface area (Å²) in [6.45, 7) is 0. The molecule has 0 amide bonds. The standard InChI is InChI=1S/3C6H5.Ru/c3*1-2-4-6-5-3-1;/h3*1-5H;/q3*-1;+3. The average molecular weight is 332 g/mol. The van der Waals surface area contributed by atoms with Crippen LogP contribution in [-0.2, 0) is 19.5 Å². The van der Waals surface area contributed by atoms with Crippen LogP contribution in [0.4, 0.5) is 0 Å². The van der Waals surface area contributed by atoms with Gasteiger partial charge in [-0.25, -0.2) is 0 Å². The molecule has 3 aromatic carbocycles. The zero-order valence-electron chi connectivity index (χ0n) is 10.5. The molecule has 0 aliphatic carbocycles. The fourth-order valence-corrected chi connectivity index (χ4v) is 1.03. The summed E-state index contributed by atoms with van der Waals surface area (Å²) in [6.07, 6.45) is 0. The van der Waals surface area contributed by atoms with E-state index >= 15 is 0 Å². The van der Waals surface area contributed by atoms with Crippen LogP contribution in [0.2, 0.25) is 0 Å². The molecule has 0 unspecified atom stereocenters. The summed E-state index contributed by atoms with van der Waals surface area (Å²) in [5.74, 6) is 0. The third kappa shape index (κ3) is 12.5. The van der Waals surface area contributed by atoms with Gasteiger partial charge in [0.2, 0.25) is 0 Å². The van der Waals surface area contributed by atoms with Gasteiger partial charge in [0.05, 0.1) is 0 Å². The van der Waals surface area contributed by atoms with Gasteiger partial charge >= 0.3 is 19.5 Å². The van der Waals surface area contributed by atoms with E-state index in [-0.39, 0.29) is 19.5 Å². The molecule has 0 N–H and O–H groups in total. The topological polar surface area (TPSA) is 0 Å². The molecule has 0 aliphatic rings. The van der Waals surface area contributed by atoms with Crippen LogP contribution < -0.4 is 0 Å². The number of benzene rings is 3. The van der Waals surface area contributed by atoms with Crippen molar-refractivity contribution in [3.63, 3.8) is 0 Å². The van der Waals surface area contributed by atoms with E-state index in [2.05, 4.69) is 18.2 Å². The molecule has 19 heavy (non-hydrogen) atoms. The Morgan fingerprint density at radius 3 is 0.579 bits per heavy atom. The molecule has 0 bridgehead atoms. The number of hydrogen-bond donors (Lipinski definition) is 0. The fourth-order valence-electron chi connectivity index (χ4n) is 1.03. The SMILES string of the molecule is [Ru+3].[c-]1ccccc1.[c-]1ccccc1.[c-]1ccccc1. The zero-order chi connectivity index (χ0) is 12.7. The fraction of sp³-hybridized carbons (Fsp3) is 0. The van der Waals surface area contributed by atoms with Crippen LogP contribution in [0.25, 0.3) is 0 Å². The molecule has 0 saturated heterocycles. The minimum atomic E-state index is 0. The number of hydrogen-bond acceptors (Lipinski definition) is 0. The van der Waals surface area contributed by atoms with Crippen LogP contribution in [0.1, 0.15) is 0 Å². The summed E-state index contributed by atoms with van der Waals surface area (Å²) in [5, 5.41) is 0.